The number of amides is 4. The number of hydrogen-bond acceptors (Lipinski definition) is 5. The highest BCUT2D eigenvalue weighted by Gasteiger charge is 2.37. The predicted octanol–water partition coefficient (Wildman–Crippen LogP) is 4.95. The molecule has 3 aromatic rings. The van der Waals surface area contributed by atoms with Crippen molar-refractivity contribution >= 4 is 29.6 Å². The van der Waals surface area contributed by atoms with Gasteiger partial charge in [0.15, 0.2) is 11.5 Å². The second kappa shape index (κ2) is 10.3. The molecule has 1 aliphatic rings. The lowest BCUT2D eigenvalue weighted by molar-refractivity contribution is -0.122. The molecule has 1 heterocycles. The molecule has 1 aliphatic heterocycles. The second-order valence-corrected chi connectivity index (χ2v) is 8.09. The lowest BCUT2D eigenvalue weighted by atomic mass is 10.0. The lowest BCUT2D eigenvalue weighted by Crippen LogP contribution is -2.54. The van der Waals surface area contributed by atoms with Gasteiger partial charge in [-0.05, 0) is 67.3 Å². The Morgan fingerprint density at radius 3 is 2.40 bits per heavy atom. The van der Waals surface area contributed by atoms with E-state index in [1.807, 2.05) is 57.2 Å². The van der Waals surface area contributed by atoms with E-state index in [9.17, 15) is 14.4 Å². The third-order valence-corrected chi connectivity index (χ3v) is 5.73. The maximum absolute atomic E-state index is 13.3. The van der Waals surface area contributed by atoms with Gasteiger partial charge >= 0.3 is 6.03 Å². The number of nitrogens with one attached hydrogen (secondary N) is 1. The van der Waals surface area contributed by atoms with Crippen LogP contribution in [0, 0.1) is 13.8 Å². The standard InChI is InChI=1S/C28H26N2O5/c1-4-34-25-16-21(13-14-24(25)35-17-20-10-6-5-7-11-20)15-22-26(31)29-28(33)30(27(22)32)23-12-8-9-18(2)19(23)3/h5-16H,4,17H2,1-3H3,(H,29,31,33)/b22-15+. The number of urea groups is 1. The van der Waals surface area contributed by atoms with E-state index in [0.29, 0.717) is 36.0 Å². The van der Waals surface area contributed by atoms with Crippen molar-refractivity contribution in [3.8, 4) is 11.5 Å². The van der Waals surface area contributed by atoms with Crippen LogP contribution >= 0.6 is 0 Å². The van der Waals surface area contributed by atoms with Crippen LogP contribution in [0.4, 0.5) is 10.5 Å². The number of hydrogen-bond donors (Lipinski definition) is 1. The summed E-state index contributed by atoms with van der Waals surface area (Å²) in [7, 11) is 0. The van der Waals surface area contributed by atoms with Gasteiger partial charge in [-0.25, -0.2) is 9.69 Å². The summed E-state index contributed by atoms with van der Waals surface area (Å²) in [5, 5.41) is 2.27. The third-order valence-electron chi connectivity index (χ3n) is 5.73. The predicted molar refractivity (Wildman–Crippen MR) is 133 cm³/mol. The molecule has 3 aromatic carbocycles. The molecule has 1 fully saturated rings. The van der Waals surface area contributed by atoms with E-state index < -0.39 is 17.8 Å². The first kappa shape index (κ1) is 23.8. The van der Waals surface area contributed by atoms with E-state index in [0.717, 1.165) is 21.6 Å². The first-order chi connectivity index (χ1) is 16.9. The maximum Gasteiger partial charge on any atom is 0.335 e. The van der Waals surface area contributed by atoms with Crippen LogP contribution in [0.25, 0.3) is 6.08 Å². The number of rotatable bonds is 7. The minimum atomic E-state index is -0.773. The minimum absolute atomic E-state index is 0.147. The van der Waals surface area contributed by atoms with Gasteiger partial charge < -0.3 is 9.47 Å². The summed E-state index contributed by atoms with van der Waals surface area (Å²) in [4.78, 5) is 39.4. The Morgan fingerprint density at radius 1 is 0.886 bits per heavy atom. The number of benzene rings is 3. The summed E-state index contributed by atoms with van der Waals surface area (Å²) in [6, 6.07) is 19.5. The van der Waals surface area contributed by atoms with Crippen LogP contribution in [-0.4, -0.2) is 24.5 Å². The van der Waals surface area contributed by atoms with Crippen molar-refractivity contribution in [1.29, 1.82) is 0 Å². The minimum Gasteiger partial charge on any atom is -0.490 e. The Hall–Kier alpha value is -4.39. The molecule has 1 N–H and O–H groups in total. The van der Waals surface area contributed by atoms with Crippen LogP contribution in [0.5, 0.6) is 11.5 Å². The zero-order valence-electron chi connectivity index (χ0n) is 19.8. The first-order valence-electron chi connectivity index (χ1n) is 11.3. The number of anilines is 1. The Morgan fingerprint density at radius 2 is 1.66 bits per heavy atom. The van der Waals surface area contributed by atoms with Crippen molar-refractivity contribution in [2.45, 2.75) is 27.4 Å². The van der Waals surface area contributed by atoms with Gasteiger partial charge in [0.25, 0.3) is 11.8 Å². The number of aryl methyl sites for hydroxylation is 1. The molecule has 178 valence electrons. The smallest absolute Gasteiger partial charge is 0.335 e. The summed E-state index contributed by atoms with van der Waals surface area (Å²) in [6.45, 7) is 6.36. The van der Waals surface area contributed by atoms with Gasteiger partial charge in [0.05, 0.1) is 12.3 Å². The molecule has 0 unspecified atom stereocenters. The zero-order valence-corrected chi connectivity index (χ0v) is 19.8. The number of carbonyl (C=O) groups excluding carboxylic acids is 3. The van der Waals surface area contributed by atoms with Gasteiger partial charge in [0, 0.05) is 0 Å². The number of ether oxygens (including phenoxy) is 2. The summed E-state index contributed by atoms with van der Waals surface area (Å²) in [5.74, 6) is -0.396. The van der Waals surface area contributed by atoms with Crippen molar-refractivity contribution in [2.24, 2.45) is 0 Å². The first-order valence-corrected chi connectivity index (χ1v) is 11.3. The van der Waals surface area contributed by atoms with Gasteiger partial charge in [0.1, 0.15) is 12.2 Å². The quantitative estimate of drug-likeness (QED) is 0.390. The topological polar surface area (TPSA) is 84.9 Å². The Bertz CT molecular complexity index is 1310. The van der Waals surface area contributed by atoms with E-state index >= 15 is 0 Å². The largest absolute Gasteiger partial charge is 0.490 e. The van der Waals surface area contributed by atoms with Crippen molar-refractivity contribution in [3.05, 3.63) is 94.6 Å². The molecule has 0 spiro atoms. The molecule has 0 atom stereocenters. The summed E-state index contributed by atoms with van der Waals surface area (Å²) in [5.41, 5.74) is 3.58. The molecule has 0 saturated carbocycles. The summed E-state index contributed by atoms with van der Waals surface area (Å²) in [6.07, 6.45) is 1.45. The fourth-order valence-corrected chi connectivity index (χ4v) is 3.76. The lowest BCUT2D eigenvalue weighted by Gasteiger charge is -2.28. The highest BCUT2D eigenvalue weighted by atomic mass is 16.5. The fourth-order valence-electron chi connectivity index (χ4n) is 3.76. The highest BCUT2D eigenvalue weighted by molar-refractivity contribution is 6.39. The summed E-state index contributed by atoms with van der Waals surface area (Å²) < 4.78 is 11.7. The molecule has 0 aromatic heterocycles. The molecule has 0 bridgehead atoms. The number of carbonyl (C=O) groups is 3. The van der Waals surface area contributed by atoms with Crippen LogP contribution in [-0.2, 0) is 16.2 Å². The molecule has 35 heavy (non-hydrogen) atoms. The fraction of sp³-hybridized carbons (Fsp3) is 0.179. The normalized spacial score (nSPS) is 14.8. The van der Waals surface area contributed by atoms with Crippen LogP contribution in [0.1, 0.15) is 29.2 Å². The van der Waals surface area contributed by atoms with Crippen molar-refractivity contribution in [1.82, 2.24) is 5.32 Å². The van der Waals surface area contributed by atoms with Crippen molar-refractivity contribution in [2.75, 3.05) is 11.5 Å². The van der Waals surface area contributed by atoms with E-state index in [1.54, 1.807) is 30.3 Å². The van der Waals surface area contributed by atoms with Crippen molar-refractivity contribution < 1.29 is 23.9 Å². The number of barbiturate groups is 1. The molecule has 7 nitrogen and oxygen atoms in total. The zero-order chi connectivity index (χ0) is 24.9. The maximum atomic E-state index is 13.3. The van der Waals surface area contributed by atoms with Crippen molar-refractivity contribution in [3.63, 3.8) is 0 Å². The van der Waals surface area contributed by atoms with Crippen LogP contribution in [0.2, 0.25) is 0 Å². The second-order valence-electron chi connectivity index (χ2n) is 8.09. The monoisotopic (exact) mass is 470 g/mol. The molecular formula is C28H26N2O5. The van der Waals surface area contributed by atoms with E-state index in [4.69, 9.17) is 9.47 Å². The Labute approximate surface area is 204 Å². The molecule has 1 saturated heterocycles. The molecule has 7 heteroatoms. The Kier molecular flexibility index (Phi) is 6.96. The van der Waals surface area contributed by atoms with E-state index in [-0.39, 0.29) is 5.57 Å². The molecule has 4 rings (SSSR count). The van der Waals surface area contributed by atoms with E-state index in [2.05, 4.69) is 5.32 Å². The highest BCUT2D eigenvalue weighted by Crippen LogP contribution is 2.31. The Balaban J connectivity index is 1.64. The average Bonchev–Trinajstić information content (AvgIpc) is 2.84. The molecule has 0 aliphatic carbocycles. The number of nitrogens with zero attached hydrogens (tertiary/aromatic N) is 1. The summed E-state index contributed by atoms with van der Waals surface area (Å²) >= 11 is 0. The molecule has 0 radical (unpaired) electrons. The van der Waals surface area contributed by atoms with Gasteiger partial charge in [-0.1, -0.05) is 48.5 Å². The van der Waals surface area contributed by atoms with Gasteiger partial charge in [-0.2, -0.15) is 0 Å². The SMILES string of the molecule is CCOc1cc(/C=C2\C(=O)NC(=O)N(c3cccc(C)c3C)C2=O)ccc1OCc1ccccc1. The molecular weight excluding hydrogens is 444 g/mol. The van der Waals surface area contributed by atoms with Gasteiger partial charge in [-0.15, -0.1) is 0 Å². The molecule has 4 amide bonds. The van der Waals surface area contributed by atoms with Gasteiger partial charge in [0.2, 0.25) is 0 Å². The third kappa shape index (κ3) is 5.09. The van der Waals surface area contributed by atoms with Crippen LogP contribution < -0.4 is 19.7 Å². The average molecular weight is 471 g/mol. The van der Waals surface area contributed by atoms with Gasteiger partial charge in [-0.3, -0.25) is 14.9 Å². The van der Waals surface area contributed by atoms with Crippen LogP contribution in [0.3, 0.4) is 0 Å². The van der Waals surface area contributed by atoms with E-state index in [1.165, 1.54) is 6.08 Å². The van der Waals surface area contributed by atoms with Crippen LogP contribution in [0.15, 0.2) is 72.3 Å². The number of imide groups is 2.